The lowest BCUT2D eigenvalue weighted by Gasteiger charge is -2.26. The molecule has 2 amide bonds. The summed E-state index contributed by atoms with van der Waals surface area (Å²) in [6.45, 7) is 6.05. The van der Waals surface area contributed by atoms with Crippen molar-refractivity contribution >= 4 is 22.8 Å². The van der Waals surface area contributed by atoms with E-state index in [0.29, 0.717) is 31.7 Å². The van der Waals surface area contributed by atoms with Crippen molar-refractivity contribution < 1.29 is 14.3 Å². The molecule has 3 heterocycles. The van der Waals surface area contributed by atoms with Gasteiger partial charge in [0.2, 0.25) is 17.7 Å². The van der Waals surface area contributed by atoms with Crippen molar-refractivity contribution in [3.8, 4) is 5.88 Å². The van der Waals surface area contributed by atoms with Gasteiger partial charge >= 0.3 is 0 Å². The largest absolute Gasteiger partial charge is 0.479 e. The standard InChI is InChI=1S/C21H31N5O3/c1-14-16(15(2)23-20-19(14)21(29-4)24-25(20)3)8-9-17(27)22-11-10-18(28)26-12-6-5-7-13-26/h5-13H2,1-4H3,(H,22,27). The van der Waals surface area contributed by atoms with Gasteiger partial charge in [0.05, 0.1) is 12.5 Å². The van der Waals surface area contributed by atoms with Gasteiger partial charge in [-0.1, -0.05) is 0 Å². The number of carbonyl (C=O) groups excluding carboxylic acids is 2. The molecule has 0 saturated carbocycles. The van der Waals surface area contributed by atoms with Crippen molar-refractivity contribution in [2.24, 2.45) is 7.05 Å². The van der Waals surface area contributed by atoms with Crippen LogP contribution in [-0.2, 0) is 23.1 Å². The molecule has 0 atom stereocenters. The molecular formula is C21H31N5O3. The number of likely N-dealkylation sites (tertiary alicyclic amines) is 1. The van der Waals surface area contributed by atoms with E-state index in [0.717, 1.165) is 53.8 Å². The van der Waals surface area contributed by atoms with Crippen LogP contribution in [0.1, 0.15) is 48.9 Å². The Hall–Kier alpha value is -2.64. The monoisotopic (exact) mass is 401 g/mol. The molecule has 0 unspecified atom stereocenters. The summed E-state index contributed by atoms with van der Waals surface area (Å²) in [4.78, 5) is 31.0. The number of nitrogens with zero attached hydrogens (tertiary/aromatic N) is 4. The molecule has 1 aliphatic heterocycles. The SMILES string of the molecule is COc1nn(C)c2nc(C)c(CCC(=O)NCCC(=O)N3CCCCC3)c(C)c12. The molecule has 158 valence electrons. The number of methoxy groups -OCH3 is 1. The minimum Gasteiger partial charge on any atom is -0.479 e. The zero-order valence-electron chi connectivity index (χ0n) is 17.9. The fourth-order valence-electron chi connectivity index (χ4n) is 4.04. The second kappa shape index (κ2) is 9.24. The van der Waals surface area contributed by atoms with E-state index in [1.165, 1.54) is 6.42 Å². The number of aryl methyl sites for hydroxylation is 3. The number of fused-ring (bicyclic) bond motifs is 1. The van der Waals surface area contributed by atoms with Crippen LogP contribution in [0, 0.1) is 13.8 Å². The van der Waals surface area contributed by atoms with Crippen LogP contribution in [0.15, 0.2) is 0 Å². The molecule has 1 N–H and O–H groups in total. The number of hydrogen-bond acceptors (Lipinski definition) is 5. The number of rotatable bonds is 7. The Morgan fingerprint density at radius 1 is 1.14 bits per heavy atom. The Labute approximate surface area is 171 Å². The molecule has 1 saturated heterocycles. The topological polar surface area (TPSA) is 89.3 Å². The van der Waals surface area contributed by atoms with E-state index in [1.807, 2.05) is 25.8 Å². The number of piperidine rings is 1. The number of ether oxygens (including phenoxy) is 1. The first-order valence-electron chi connectivity index (χ1n) is 10.3. The summed E-state index contributed by atoms with van der Waals surface area (Å²) in [5.74, 6) is 0.637. The maximum Gasteiger partial charge on any atom is 0.242 e. The van der Waals surface area contributed by atoms with Crippen LogP contribution in [0.2, 0.25) is 0 Å². The summed E-state index contributed by atoms with van der Waals surface area (Å²) in [7, 11) is 3.44. The third-order valence-corrected chi connectivity index (χ3v) is 5.69. The molecule has 2 aromatic rings. The van der Waals surface area contributed by atoms with E-state index in [2.05, 4.69) is 15.4 Å². The van der Waals surface area contributed by atoms with Gasteiger partial charge in [-0.3, -0.25) is 9.59 Å². The number of pyridine rings is 1. The highest BCUT2D eigenvalue weighted by atomic mass is 16.5. The van der Waals surface area contributed by atoms with Crippen molar-refractivity contribution in [1.82, 2.24) is 25.0 Å². The maximum atomic E-state index is 12.3. The fraction of sp³-hybridized carbons (Fsp3) is 0.619. The molecule has 1 fully saturated rings. The van der Waals surface area contributed by atoms with Crippen LogP contribution in [0.5, 0.6) is 5.88 Å². The highest BCUT2D eigenvalue weighted by Gasteiger charge is 2.19. The number of nitrogens with one attached hydrogen (secondary N) is 1. The Bertz CT molecular complexity index is 900. The predicted octanol–water partition coefficient (Wildman–Crippen LogP) is 2.05. The minimum absolute atomic E-state index is 0.0477. The number of aromatic nitrogens is 3. The minimum atomic E-state index is -0.0477. The molecule has 1 aliphatic rings. The quantitative estimate of drug-likeness (QED) is 0.767. The summed E-state index contributed by atoms with van der Waals surface area (Å²) in [5.41, 5.74) is 3.77. The molecule has 0 spiro atoms. The number of hydrogen-bond donors (Lipinski definition) is 1. The zero-order valence-corrected chi connectivity index (χ0v) is 17.9. The van der Waals surface area contributed by atoms with Crippen molar-refractivity contribution in [3.63, 3.8) is 0 Å². The molecule has 29 heavy (non-hydrogen) atoms. The Morgan fingerprint density at radius 2 is 1.86 bits per heavy atom. The van der Waals surface area contributed by atoms with Crippen molar-refractivity contribution in [1.29, 1.82) is 0 Å². The van der Waals surface area contributed by atoms with Gasteiger partial charge in [0.1, 0.15) is 0 Å². The lowest BCUT2D eigenvalue weighted by Crippen LogP contribution is -2.37. The molecule has 8 nitrogen and oxygen atoms in total. The Kier molecular flexibility index (Phi) is 6.71. The lowest BCUT2D eigenvalue weighted by molar-refractivity contribution is -0.132. The Balaban J connectivity index is 1.56. The summed E-state index contributed by atoms with van der Waals surface area (Å²) >= 11 is 0. The van der Waals surface area contributed by atoms with Gasteiger partial charge in [-0.25, -0.2) is 9.67 Å². The van der Waals surface area contributed by atoms with Crippen molar-refractivity contribution in [2.45, 2.75) is 52.4 Å². The molecule has 3 rings (SSSR count). The normalized spacial score (nSPS) is 14.3. The predicted molar refractivity (Wildman–Crippen MR) is 111 cm³/mol. The van der Waals surface area contributed by atoms with Crippen molar-refractivity contribution in [3.05, 3.63) is 16.8 Å². The van der Waals surface area contributed by atoms with E-state index in [-0.39, 0.29) is 11.8 Å². The molecule has 2 aromatic heterocycles. The highest BCUT2D eigenvalue weighted by molar-refractivity contribution is 5.86. The summed E-state index contributed by atoms with van der Waals surface area (Å²) < 4.78 is 7.10. The Morgan fingerprint density at radius 3 is 2.55 bits per heavy atom. The average molecular weight is 402 g/mol. The van der Waals surface area contributed by atoms with Crippen LogP contribution in [0.25, 0.3) is 11.0 Å². The van der Waals surface area contributed by atoms with Gasteiger partial charge in [0.25, 0.3) is 0 Å². The van der Waals surface area contributed by atoms with Gasteiger partial charge in [-0.15, -0.1) is 5.10 Å². The molecule has 0 aliphatic carbocycles. The molecular weight excluding hydrogens is 370 g/mol. The van der Waals surface area contributed by atoms with E-state index < -0.39 is 0 Å². The third kappa shape index (κ3) is 4.68. The second-order valence-corrected chi connectivity index (χ2v) is 7.67. The molecule has 0 aromatic carbocycles. The first kappa shape index (κ1) is 21.1. The molecule has 0 radical (unpaired) electrons. The smallest absolute Gasteiger partial charge is 0.242 e. The molecule has 0 bridgehead atoms. The van der Waals surface area contributed by atoms with Gasteiger partial charge in [-0.05, 0) is 50.7 Å². The average Bonchev–Trinajstić information content (AvgIpc) is 3.04. The van der Waals surface area contributed by atoms with Gasteiger partial charge < -0.3 is 15.0 Å². The molecule has 8 heteroatoms. The highest BCUT2D eigenvalue weighted by Crippen LogP contribution is 2.30. The number of amides is 2. The number of carbonyl (C=O) groups is 2. The van der Waals surface area contributed by atoms with E-state index in [1.54, 1.807) is 11.8 Å². The zero-order chi connectivity index (χ0) is 21.0. The van der Waals surface area contributed by atoms with Crippen LogP contribution in [0.3, 0.4) is 0 Å². The first-order chi connectivity index (χ1) is 13.9. The summed E-state index contributed by atoms with van der Waals surface area (Å²) in [6.07, 6.45) is 4.67. The van der Waals surface area contributed by atoms with Crippen molar-refractivity contribution in [2.75, 3.05) is 26.7 Å². The first-order valence-corrected chi connectivity index (χ1v) is 10.3. The lowest BCUT2D eigenvalue weighted by atomic mass is 10.00. The summed E-state index contributed by atoms with van der Waals surface area (Å²) in [6, 6.07) is 0. The summed E-state index contributed by atoms with van der Waals surface area (Å²) in [5, 5.41) is 8.13. The van der Waals surface area contributed by atoms with E-state index in [4.69, 9.17) is 4.74 Å². The van der Waals surface area contributed by atoms with Crippen LogP contribution < -0.4 is 10.1 Å². The fourth-order valence-corrected chi connectivity index (χ4v) is 4.04. The van der Waals surface area contributed by atoms with Crippen LogP contribution in [0.4, 0.5) is 0 Å². The maximum absolute atomic E-state index is 12.3. The second-order valence-electron chi connectivity index (χ2n) is 7.67. The van der Waals surface area contributed by atoms with Crippen LogP contribution >= 0.6 is 0 Å². The van der Waals surface area contributed by atoms with Crippen LogP contribution in [-0.4, -0.2) is 58.2 Å². The third-order valence-electron chi connectivity index (χ3n) is 5.69. The van der Waals surface area contributed by atoms with Gasteiger partial charge in [0, 0.05) is 45.2 Å². The van der Waals surface area contributed by atoms with Gasteiger partial charge in [-0.2, -0.15) is 0 Å². The van der Waals surface area contributed by atoms with E-state index >= 15 is 0 Å². The van der Waals surface area contributed by atoms with E-state index in [9.17, 15) is 9.59 Å². The van der Waals surface area contributed by atoms with Gasteiger partial charge in [0.15, 0.2) is 5.65 Å².